The highest BCUT2D eigenvalue weighted by Gasteiger charge is 2.28. The summed E-state index contributed by atoms with van der Waals surface area (Å²) in [5.74, 6) is 0. The predicted molar refractivity (Wildman–Crippen MR) is 87.2 cm³/mol. The number of nitrogens with zero attached hydrogens (tertiary/aromatic N) is 1. The van der Waals surface area contributed by atoms with Crippen molar-refractivity contribution in [2.75, 3.05) is 24.5 Å². The van der Waals surface area contributed by atoms with Crippen molar-refractivity contribution in [3.63, 3.8) is 0 Å². The maximum atomic E-state index is 3.69. The molecule has 0 bridgehead atoms. The fourth-order valence-corrected chi connectivity index (χ4v) is 2.75. The van der Waals surface area contributed by atoms with Crippen LogP contribution in [0.25, 0.3) is 0 Å². The van der Waals surface area contributed by atoms with Crippen LogP contribution >= 0.6 is 22.6 Å². The second kappa shape index (κ2) is 5.78. The van der Waals surface area contributed by atoms with Gasteiger partial charge in [-0.05, 0) is 65.2 Å². The zero-order valence-electron chi connectivity index (χ0n) is 11.5. The smallest absolute Gasteiger partial charge is 0.0367 e. The summed E-state index contributed by atoms with van der Waals surface area (Å²) in [6, 6.07) is 9.43. The van der Waals surface area contributed by atoms with E-state index in [1.54, 1.807) is 0 Å². The van der Waals surface area contributed by atoms with E-state index in [1.807, 2.05) is 0 Å². The molecule has 1 atom stereocenters. The maximum absolute atomic E-state index is 3.69. The molecule has 2 nitrogen and oxygen atoms in total. The third-order valence-electron chi connectivity index (χ3n) is 3.64. The van der Waals surface area contributed by atoms with Gasteiger partial charge in [0.15, 0.2) is 0 Å². The van der Waals surface area contributed by atoms with Gasteiger partial charge in [-0.1, -0.05) is 20.8 Å². The molecule has 1 N–H and O–H groups in total. The Hall–Kier alpha value is -0.290. The summed E-state index contributed by atoms with van der Waals surface area (Å²) in [7, 11) is 0. The minimum Gasteiger partial charge on any atom is -0.370 e. The van der Waals surface area contributed by atoms with Crippen molar-refractivity contribution < 1.29 is 0 Å². The Labute approximate surface area is 124 Å². The molecule has 0 radical (unpaired) electrons. The average molecular weight is 358 g/mol. The molecule has 3 heteroatoms. The van der Waals surface area contributed by atoms with Gasteiger partial charge in [0, 0.05) is 28.4 Å². The van der Waals surface area contributed by atoms with Gasteiger partial charge in [0.25, 0.3) is 0 Å². The number of benzene rings is 1. The van der Waals surface area contributed by atoms with Crippen molar-refractivity contribution in [2.45, 2.75) is 33.2 Å². The van der Waals surface area contributed by atoms with Crippen molar-refractivity contribution >= 4 is 28.3 Å². The highest BCUT2D eigenvalue weighted by molar-refractivity contribution is 14.1. The highest BCUT2D eigenvalue weighted by atomic mass is 127. The Bertz CT molecular complexity index is 380. The van der Waals surface area contributed by atoms with Crippen molar-refractivity contribution in [3.05, 3.63) is 27.8 Å². The topological polar surface area (TPSA) is 15.3 Å². The zero-order valence-corrected chi connectivity index (χ0v) is 13.7. The number of hydrogen-bond donors (Lipinski definition) is 1. The standard InChI is InChI=1S/C15H23IN2/c1-15(2,3)14-11-18(10-4-9-17-14)13-7-5-12(16)6-8-13/h5-8,14,17H,4,9-11H2,1-3H3. The highest BCUT2D eigenvalue weighted by Crippen LogP contribution is 2.25. The first-order chi connectivity index (χ1) is 8.47. The first-order valence-electron chi connectivity index (χ1n) is 6.71. The molecule has 0 aromatic heterocycles. The largest absolute Gasteiger partial charge is 0.370 e. The minimum absolute atomic E-state index is 0.311. The molecule has 1 fully saturated rings. The summed E-state index contributed by atoms with van der Waals surface area (Å²) < 4.78 is 1.30. The second-order valence-electron chi connectivity index (χ2n) is 6.15. The summed E-state index contributed by atoms with van der Waals surface area (Å²) in [6.07, 6.45) is 1.22. The Morgan fingerprint density at radius 1 is 1.22 bits per heavy atom. The molecule has 1 aromatic rings. The van der Waals surface area contributed by atoms with E-state index >= 15 is 0 Å². The third kappa shape index (κ3) is 3.60. The maximum Gasteiger partial charge on any atom is 0.0367 e. The lowest BCUT2D eigenvalue weighted by atomic mass is 9.86. The molecule has 0 spiro atoms. The van der Waals surface area contributed by atoms with Crippen LogP contribution in [0.1, 0.15) is 27.2 Å². The third-order valence-corrected chi connectivity index (χ3v) is 4.35. The zero-order chi connectivity index (χ0) is 13.2. The molecule has 100 valence electrons. The van der Waals surface area contributed by atoms with Crippen molar-refractivity contribution in [3.8, 4) is 0 Å². The molecule has 18 heavy (non-hydrogen) atoms. The average Bonchev–Trinajstić information content (AvgIpc) is 2.55. The van der Waals surface area contributed by atoms with Crippen LogP contribution in [0.3, 0.4) is 0 Å². The van der Waals surface area contributed by atoms with E-state index in [4.69, 9.17) is 0 Å². The molecule has 2 rings (SSSR count). The molecule has 1 unspecified atom stereocenters. The molecule has 1 aliphatic heterocycles. The van der Waals surface area contributed by atoms with E-state index in [2.05, 4.69) is 77.8 Å². The first kappa shape index (κ1) is 14.1. The van der Waals surface area contributed by atoms with Crippen molar-refractivity contribution in [1.29, 1.82) is 0 Å². The monoisotopic (exact) mass is 358 g/mol. The van der Waals surface area contributed by atoms with Crippen LogP contribution in [-0.2, 0) is 0 Å². The van der Waals surface area contributed by atoms with Gasteiger partial charge in [0.05, 0.1) is 0 Å². The lowest BCUT2D eigenvalue weighted by Gasteiger charge is -2.34. The quantitative estimate of drug-likeness (QED) is 0.773. The second-order valence-corrected chi connectivity index (χ2v) is 7.39. The summed E-state index contributed by atoms with van der Waals surface area (Å²) >= 11 is 2.36. The summed E-state index contributed by atoms with van der Waals surface area (Å²) in [6.45, 7) is 10.3. The van der Waals surface area contributed by atoms with Gasteiger partial charge in [-0.25, -0.2) is 0 Å². The molecule has 0 saturated carbocycles. The Morgan fingerprint density at radius 3 is 2.50 bits per heavy atom. The summed E-state index contributed by atoms with van der Waals surface area (Å²) in [5.41, 5.74) is 1.67. The van der Waals surface area contributed by atoms with Gasteiger partial charge in [-0.15, -0.1) is 0 Å². The van der Waals surface area contributed by atoms with E-state index in [0.29, 0.717) is 11.5 Å². The number of anilines is 1. The van der Waals surface area contributed by atoms with Gasteiger partial charge in [0.1, 0.15) is 0 Å². The van der Waals surface area contributed by atoms with Gasteiger partial charge in [-0.3, -0.25) is 0 Å². The fraction of sp³-hybridized carbons (Fsp3) is 0.600. The number of halogens is 1. The molecule has 1 aromatic carbocycles. The molecule has 1 aliphatic rings. The van der Waals surface area contributed by atoms with Gasteiger partial charge in [0.2, 0.25) is 0 Å². The molecule has 0 amide bonds. The van der Waals surface area contributed by atoms with E-state index in [0.717, 1.165) is 19.6 Å². The van der Waals surface area contributed by atoms with Crippen LogP contribution < -0.4 is 10.2 Å². The van der Waals surface area contributed by atoms with E-state index in [-0.39, 0.29) is 0 Å². The number of rotatable bonds is 1. The van der Waals surface area contributed by atoms with Crippen molar-refractivity contribution in [1.82, 2.24) is 5.32 Å². The number of nitrogens with one attached hydrogen (secondary N) is 1. The fourth-order valence-electron chi connectivity index (χ4n) is 2.39. The SMILES string of the molecule is CC(C)(C)C1CN(c2ccc(I)cc2)CCCN1. The van der Waals surface area contributed by atoms with E-state index in [9.17, 15) is 0 Å². The predicted octanol–water partition coefficient (Wildman–Crippen LogP) is 3.51. The molecular weight excluding hydrogens is 335 g/mol. The Morgan fingerprint density at radius 2 is 1.89 bits per heavy atom. The van der Waals surface area contributed by atoms with Crippen LogP contribution in [0.4, 0.5) is 5.69 Å². The van der Waals surface area contributed by atoms with Crippen LogP contribution in [0.15, 0.2) is 24.3 Å². The van der Waals surface area contributed by atoms with Gasteiger partial charge < -0.3 is 10.2 Å². The van der Waals surface area contributed by atoms with Gasteiger partial charge >= 0.3 is 0 Å². The molecule has 1 saturated heterocycles. The van der Waals surface area contributed by atoms with Crippen LogP contribution in [-0.4, -0.2) is 25.7 Å². The van der Waals surface area contributed by atoms with E-state index < -0.39 is 0 Å². The lowest BCUT2D eigenvalue weighted by Crippen LogP contribution is -2.46. The summed E-state index contributed by atoms with van der Waals surface area (Å²) in [5, 5.41) is 3.69. The Kier molecular flexibility index (Phi) is 4.54. The lowest BCUT2D eigenvalue weighted by molar-refractivity contribution is 0.280. The normalized spacial score (nSPS) is 21.8. The summed E-state index contributed by atoms with van der Waals surface area (Å²) in [4.78, 5) is 2.52. The van der Waals surface area contributed by atoms with Crippen LogP contribution in [0.2, 0.25) is 0 Å². The van der Waals surface area contributed by atoms with Gasteiger partial charge in [-0.2, -0.15) is 0 Å². The van der Waals surface area contributed by atoms with Crippen LogP contribution in [0.5, 0.6) is 0 Å². The van der Waals surface area contributed by atoms with E-state index in [1.165, 1.54) is 15.7 Å². The Balaban J connectivity index is 2.14. The first-order valence-corrected chi connectivity index (χ1v) is 7.78. The van der Waals surface area contributed by atoms with Crippen LogP contribution in [0, 0.1) is 8.99 Å². The molecular formula is C15H23IN2. The minimum atomic E-state index is 0.311. The number of hydrogen-bond acceptors (Lipinski definition) is 2. The van der Waals surface area contributed by atoms with Crippen molar-refractivity contribution in [2.24, 2.45) is 5.41 Å². The molecule has 0 aliphatic carbocycles. The molecule has 1 heterocycles.